The van der Waals surface area contributed by atoms with E-state index in [-0.39, 0.29) is 11.9 Å². The van der Waals surface area contributed by atoms with Crippen LogP contribution in [-0.4, -0.2) is 21.0 Å². The van der Waals surface area contributed by atoms with E-state index in [2.05, 4.69) is 20.4 Å². The maximum Gasteiger partial charge on any atom is 0.263 e. The van der Waals surface area contributed by atoms with Crippen LogP contribution in [-0.2, 0) is 0 Å². The summed E-state index contributed by atoms with van der Waals surface area (Å²) in [5, 5.41) is 7.14. The van der Waals surface area contributed by atoms with Crippen LogP contribution in [0, 0.1) is 6.92 Å². The highest BCUT2D eigenvalue weighted by atomic mass is 32.1. The van der Waals surface area contributed by atoms with Gasteiger partial charge >= 0.3 is 0 Å². The summed E-state index contributed by atoms with van der Waals surface area (Å²) >= 11 is 1.17. The Labute approximate surface area is 119 Å². The van der Waals surface area contributed by atoms with Crippen molar-refractivity contribution in [3.8, 4) is 0 Å². The monoisotopic (exact) mass is 293 g/mol. The Hall–Kier alpha value is -1.96. The third-order valence-electron chi connectivity index (χ3n) is 3.14. The zero-order valence-corrected chi connectivity index (χ0v) is 12.0. The van der Waals surface area contributed by atoms with E-state index in [0.717, 1.165) is 18.7 Å². The maximum atomic E-state index is 12.1. The van der Waals surface area contributed by atoms with Crippen molar-refractivity contribution in [3.05, 3.63) is 22.3 Å². The molecular weight excluding hydrogens is 278 g/mol. The first-order valence-electron chi connectivity index (χ1n) is 6.42. The van der Waals surface area contributed by atoms with Gasteiger partial charge in [0.25, 0.3) is 5.91 Å². The summed E-state index contributed by atoms with van der Waals surface area (Å²) < 4.78 is 5.19. The molecule has 0 spiro atoms. The molecule has 7 nitrogen and oxygen atoms in total. The Morgan fingerprint density at radius 3 is 2.85 bits per heavy atom. The van der Waals surface area contributed by atoms with Crippen LogP contribution in [0.1, 0.15) is 58.8 Å². The third-order valence-corrected chi connectivity index (χ3v) is 4.12. The van der Waals surface area contributed by atoms with E-state index in [1.54, 1.807) is 6.92 Å². The second-order valence-corrected chi connectivity index (χ2v) is 5.96. The summed E-state index contributed by atoms with van der Waals surface area (Å²) in [5.41, 5.74) is 6.22. The number of thiazole rings is 1. The number of amides is 1. The molecule has 3 N–H and O–H groups in total. The molecule has 1 amide bonds. The first kappa shape index (κ1) is 13.0. The molecule has 3 rings (SSSR count). The van der Waals surface area contributed by atoms with E-state index < -0.39 is 0 Å². The molecule has 0 saturated heterocycles. The number of rotatable bonds is 4. The van der Waals surface area contributed by atoms with Crippen LogP contribution in [0.5, 0.6) is 0 Å². The normalized spacial score (nSPS) is 16.1. The van der Waals surface area contributed by atoms with Crippen LogP contribution >= 0.6 is 11.3 Å². The van der Waals surface area contributed by atoms with Gasteiger partial charge in [0.05, 0.1) is 5.69 Å². The van der Waals surface area contributed by atoms with Crippen molar-refractivity contribution in [2.75, 3.05) is 5.73 Å². The Morgan fingerprint density at radius 1 is 1.50 bits per heavy atom. The van der Waals surface area contributed by atoms with Gasteiger partial charge in [-0.25, -0.2) is 4.98 Å². The van der Waals surface area contributed by atoms with Gasteiger partial charge in [-0.05, 0) is 26.7 Å². The molecular formula is C12H15N5O2S. The molecule has 2 aromatic heterocycles. The molecule has 0 radical (unpaired) electrons. The van der Waals surface area contributed by atoms with E-state index in [9.17, 15) is 4.79 Å². The van der Waals surface area contributed by atoms with Gasteiger partial charge < -0.3 is 15.6 Å². The van der Waals surface area contributed by atoms with E-state index in [1.807, 2.05) is 6.92 Å². The molecule has 1 saturated carbocycles. The molecule has 1 fully saturated rings. The number of carbonyl (C=O) groups is 1. The van der Waals surface area contributed by atoms with Gasteiger partial charge in [-0.2, -0.15) is 4.98 Å². The zero-order chi connectivity index (χ0) is 14.3. The summed E-state index contributed by atoms with van der Waals surface area (Å²) in [7, 11) is 0. The predicted molar refractivity (Wildman–Crippen MR) is 73.4 cm³/mol. The van der Waals surface area contributed by atoms with Gasteiger partial charge in [0.1, 0.15) is 10.9 Å². The molecule has 1 aliphatic carbocycles. The first-order valence-corrected chi connectivity index (χ1v) is 7.23. The van der Waals surface area contributed by atoms with Crippen LogP contribution in [0.25, 0.3) is 0 Å². The minimum Gasteiger partial charge on any atom is -0.375 e. The number of nitrogens with two attached hydrogens (primary N) is 1. The van der Waals surface area contributed by atoms with Crippen LogP contribution in [0.4, 0.5) is 5.13 Å². The second kappa shape index (κ2) is 4.86. The first-order chi connectivity index (χ1) is 9.54. The number of nitrogens with zero attached hydrogens (tertiary/aromatic N) is 3. The zero-order valence-electron chi connectivity index (χ0n) is 11.2. The fourth-order valence-electron chi connectivity index (χ4n) is 1.88. The quantitative estimate of drug-likeness (QED) is 0.889. The standard InChI is InChI=1S/C12H15N5O2S/c1-5-8(20-12(13)15-5)10(18)14-6(2)11-16-9(17-19-11)7-3-4-7/h6-7H,3-4H2,1-2H3,(H2,13,15)(H,14,18)/t6-/m1/s1. The van der Waals surface area contributed by atoms with E-state index in [4.69, 9.17) is 10.3 Å². The molecule has 20 heavy (non-hydrogen) atoms. The molecule has 1 aliphatic rings. The Kier molecular flexibility index (Phi) is 3.17. The summed E-state index contributed by atoms with van der Waals surface area (Å²) in [4.78, 5) is 21.0. The lowest BCUT2D eigenvalue weighted by Crippen LogP contribution is -2.26. The topological polar surface area (TPSA) is 107 Å². The highest BCUT2D eigenvalue weighted by molar-refractivity contribution is 7.17. The van der Waals surface area contributed by atoms with Crippen molar-refractivity contribution in [1.29, 1.82) is 0 Å². The summed E-state index contributed by atoms with van der Waals surface area (Å²) in [5.74, 6) is 1.36. The Balaban J connectivity index is 1.69. The van der Waals surface area contributed by atoms with Gasteiger partial charge in [0.2, 0.25) is 5.89 Å². The number of carbonyl (C=O) groups excluding carboxylic acids is 1. The number of aromatic nitrogens is 3. The van der Waals surface area contributed by atoms with E-state index in [0.29, 0.717) is 27.5 Å². The van der Waals surface area contributed by atoms with Gasteiger partial charge in [0.15, 0.2) is 11.0 Å². The van der Waals surface area contributed by atoms with Crippen molar-refractivity contribution in [1.82, 2.24) is 20.4 Å². The number of nitrogens with one attached hydrogen (secondary N) is 1. The number of anilines is 1. The lowest BCUT2D eigenvalue weighted by atomic mass is 10.3. The number of hydrogen-bond acceptors (Lipinski definition) is 7. The van der Waals surface area contributed by atoms with Crippen molar-refractivity contribution in [2.45, 2.75) is 38.6 Å². The largest absolute Gasteiger partial charge is 0.375 e. The summed E-state index contributed by atoms with van der Waals surface area (Å²) in [6, 6.07) is -0.342. The predicted octanol–water partition coefficient (Wildman–Crippen LogP) is 1.79. The molecule has 8 heteroatoms. The van der Waals surface area contributed by atoms with Gasteiger partial charge in [-0.1, -0.05) is 16.5 Å². The molecule has 0 aliphatic heterocycles. The van der Waals surface area contributed by atoms with E-state index >= 15 is 0 Å². The molecule has 106 valence electrons. The fourth-order valence-corrected chi connectivity index (χ4v) is 2.62. The van der Waals surface area contributed by atoms with Crippen LogP contribution < -0.4 is 11.1 Å². The van der Waals surface area contributed by atoms with Gasteiger partial charge in [-0.3, -0.25) is 4.79 Å². The van der Waals surface area contributed by atoms with Gasteiger partial charge in [0, 0.05) is 5.92 Å². The molecule has 2 heterocycles. The molecule has 0 unspecified atom stereocenters. The minimum absolute atomic E-state index is 0.227. The van der Waals surface area contributed by atoms with Crippen LogP contribution in [0.2, 0.25) is 0 Å². The average molecular weight is 293 g/mol. The number of nitrogen functional groups attached to an aromatic ring is 1. The SMILES string of the molecule is Cc1nc(N)sc1C(=O)N[C@H](C)c1nc(C2CC2)no1. The Morgan fingerprint density at radius 2 is 2.25 bits per heavy atom. The van der Waals surface area contributed by atoms with Crippen LogP contribution in [0.15, 0.2) is 4.52 Å². The number of hydrogen-bond donors (Lipinski definition) is 2. The second-order valence-electron chi connectivity index (χ2n) is 4.93. The smallest absolute Gasteiger partial charge is 0.263 e. The molecule has 1 atom stereocenters. The highest BCUT2D eigenvalue weighted by Gasteiger charge is 2.30. The van der Waals surface area contributed by atoms with Crippen molar-refractivity contribution in [3.63, 3.8) is 0 Å². The molecule has 0 aromatic carbocycles. The summed E-state index contributed by atoms with van der Waals surface area (Å²) in [6.07, 6.45) is 2.22. The lowest BCUT2D eigenvalue weighted by Gasteiger charge is -2.08. The summed E-state index contributed by atoms with van der Waals surface area (Å²) in [6.45, 7) is 3.56. The number of aryl methyl sites for hydroxylation is 1. The maximum absolute atomic E-state index is 12.1. The molecule has 2 aromatic rings. The Bertz CT molecular complexity index is 646. The van der Waals surface area contributed by atoms with Crippen molar-refractivity contribution < 1.29 is 9.32 Å². The highest BCUT2D eigenvalue weighted by Crippen LogP contribution is 2.38. The average Bonchev–Trinajstić information content (AvgIpc) is 3.02. The van der Waals surface area contributed by atoms with Crippen molar-refractivity contribution in [2.24, 2.45) is 0 Å². The van der Waals surface area contributed by atoms with Crippen LogP contribution in [0.3, 0.4) is 0 Å². The lowest BCUT2D eigenvalue weighted by molar-refractivity contribution is 0.0936. The molecule has 0 bridgehead atoms. The van der Waals surface area contributed by atoms with E-state index in [1.165, 1.54) is 11.3 Å². The van der Waals surface area contributed by atoms with Crippen molar-refractivity contribution >= 4 is 22.4 Å². The minimum atomic E-state index is -0.342. The fraction of sp³-hybridized carbons (Fsp3) is 0.500. The third kappa shape index (κ3) is 2.51. The van der Waals surface area contributed by atoms with Gasteiger partial charge in [-0.15, -0.1) is 0 Å².